The number of esters is 1. The van der Waals surface area contributed by atoms with Crippen LogP contribution in [-0.4, -0.2) is 50.6 Å². The number of amides is 1. The van der Waals surface area contributed by atoms with E-state index in [1.54, 1.807) is 36.4 Å². The Kier molecular flexibility index (Phi) is 8.04. The van der Waals surface area contributed by atoms with Crippen LogP contribution in [0.3, 0.4) is 0 Å². The largest absolute Gasteiger partial charge is 0.507 e. The zero-order valence-electron chi connectivity index (χ0n) is 22.7. The van der Waals surface area contributed by atoms with Crippen molar-refractivity contribution in [1.29, 1.82) is 0 Å². The topological polar surface area (TPSA) is 96.4 Å². The lowest BCUT2D eigenvalue weighted by Crippen LogP contribution is -2.29. The summed E-state index contributed by atoms with van der Waals surface area (Å²) in [4.78, 5) is 42.0. The summed E-state index contributed by atoms with van der Waals surface area (Å²) in [6, 6.07) is 19.5. The standard InChI is InChI=1S/C31H32N2O6/c1-19(2)18-39-25-16-10-21(11-17-25)28(34)26-27(20-6-12-23(13-7-20)32(3)4)33(30(36)29(26)35)24-14-8-22(9-15-24)31(37)38-5/h6-17,19,27,34H,18H2,1-5H3/b28-26+. The molecule has 0 spiro atoms. The number of ketones is 1. The first-order valence-electron chi connectivity index (χ1n) is 12.6. The Labute approximate surface area is 228 Å². The van der Waals surface area contributed by atoms with Gasteiger partial charge in [-0.05, 0) is 72.1 Å². The quantitative estimate of drug-likeness (QED) is 0.186. The molecule has 1 atom stereocenters. The van der Waals surface area contributed by atoms with E-state index in [1.165, 1.54) is 24.1 Å². The van der Waals surface area contributed by atoms with Gasteiger partial charge >= 0.3 is 5.97 Å². The third-order valence-corrected chi connectivity index (χ3v) is 6.45. The minimum atomic E-state index is -0.887. The molecule has 1 aliphatic rings. The summed E-state index contributed by atoms with van der Waals surface area (Å²) in [6.45, 7) is 4.65. The fourth-order valence-electron chi connectivity index (χ4n) is 4.37. The summed E-state index contributed by atoms with van der Waals surface area (Å²) in [5, 5.41) is 11.4. The van der Waals surface area contributed by atoms with Crippen molar-refractivity contribution in [1.82, 2.24) is 0 Å². The fraction of sp³-hybridized carbons (Fsp3) is 0.258. The summed E-state index contributed by atoms with van der Waals surface area (Å²) in [6.07, 6.45) is 0. The second kappa shape index (κ2) is 11.4. The second-order valence-electron chi connectivity index (χ2n) is 9.92. The normalized spacial score (nSPS) is 16.5. The van der Waals surface area contributed by atoms with E-state index in [0.29, 0.717) is 40.7 Å². The number of aliphatic hydroxyl groups is 1. The molecule has 8 heteroatoms. The number of carbonyl (C=O) groups excluding carboxylic acids is 3. The van der Waals surface area contributed by atoms with Crippen LogP contribution in [-0.2, 0) is 14.3 Å². The SMILES string of the molecule is COC(=O)c1ccc(N2C(=O)C(=O)/C(=C(/O)c3ccc(OCC(C)C)cc3)C2c2ccc(N(C)C)cc2)cc1. The number of ether oxygens (including phenoxy) is 2. The van der Waals surface area contributed by atoms with Gasteiger partial charge in [0.15, 0.2) is 0 Å². The predicted octanol–water partition coefficient (Wildman–Crippen LogP) is 5.20. The first kappa shape index (κ1) is 27.4. The molecule has 1 heterocycles. The van der Waals surface area contributed by atoms with Crippen molar-refractivity contribution >= 4 is 34.8 Å². The molecule has 0 saturated carbocycles. The van der Waals surface area contributed by atoms with Crippen molar-refractivity contribution in [2.45, 2.75) is 19.9 Å². The molecule has 8 nitrogen and oxygen atoms in total. The van der Waals surface area contributed by atoms with E-state index in [4.69, 9.17) is 9.47 Å². The van der Waals surface area contributed by atoms with Gasteiger partial charge in [-0.3, -0.25) is 14.5 Å². The highest BCUT2D eigenvalue weighted by Crippen LogP contribution is 2.42. The zero-order valence-corrected chi connectivity index (χ0v) is 22.7. The van der Waals surface area contributed by atoms with Crippen LogP contribution in [0.4, 0.5) is 11.4 Å². The molecule has 39 heavy (non-hydrogen) atoms. The summed E-state index contributed by atoms with van der Waals surface area (Å²) >= 11 is 0. The highest BCUT2D eigenvalue weighted by atomic mass is 16.5. The molecule has 1 aliphatic heterocycles. The molecule has 0 aliphatic carbocycles. The number of hydrogen-bond acceptors (Lipinski definition) is 7. The highest BCUT2D eigenvalue weighted by Gasteiger charge is 2.47. The molecular weight excluding hydrogens is 496 g/mol. The van der Waals surface area contributed by atoms with E-state index in [1.807, 2.05) is 57.1 Å². The molecule has 0 aromatic heterocycles. The zero-order chi connectivity index (χ0) is 28.3. The maximum Gasteiger partial charge on any atom is 0.337 e. The van der Waals surface area contributed by atoms with E-state index < -0.39 is 23.7 Å². The maximum absolute atomic E-state index is 13.4. The van der Waals surface area contributed by atoms with Gasteiger partial charge in [0.1, 0.15) is 11.5 Å². The van der Waals surface area contributed by atoms with Gasteiger partial charge in [-0.25, -0.2) is 4.79 Å². The average Bonchev–Trinajstić information content (AvgIpc) is 3.21. The molecule has 3 aromatic rings. The Morgan fingerprint density at radius 2 is 1.51 bits per heavy atom. The lowest BCUT2D eigenvalue weighted by molar-refractivity contribution is -0.132. The minimum absolute atomic E-state index is 0.0227. The van der Waals surface area contributed by atoms with Crippen LogP contribution in [0.2, 0.25) is 0 Å². The second-order valence-corrected chi connectivity index (χ2v) is 9.92. The van der Waals surface area contributed by atoms with Crippen LogP contribution in [0.1, 0.15) is 41.4 Å². The van der Waals surface area contributed by atoms with Gasteiger partial charge in [0.2, 0.25) is 0 Å². The van der Waals surface area contributed by atoms with Gasteiger partial charge in [-0.2, -0.15) is 0 Å². The molecule has 1 fully saturated rings. The number of benzene rings is 3. The Hall–Kier alpha value is -4.59. The Morgan fingerprint density at radius 1 is 0.923 bits per heavy atom. The summed E-state index contributed by atoms with van der Waals surface area (Å²) in [7, 11) is 5.12. The van der Waals surface area contributed by atoms with E-state index in [9.17, 15) is 19.5 Å². The van der Waals surface area contributed by atoms with Crippen LogP contribution < -0.4 is 14.5 Å². The number of hydrogen-bond donors (Lipinski definition) is 1. The smallest absolute Gasteiger partial charge is 0.337 e. The molecule has 4 rings (SSSR count). The minimum Gasteiger partial charge on any atom is -0.507 e. The van der Waals surface area contributed by atoms with E-state index in [0.717, 1.165) is 5.69 Å². The first-order chi connectivity index (χ1) is 18.6. The number of methoxy groups -OCH3 is 1. The van der Waals surface area contributed by atoms with Crippen LogP contribution in [0, 0.1) is 5.92 Å². The van der Waals surface area contributed by atoms with Crippen LogP contribution in [0.5, 0.6) is 5.75 Å². The predicted molar refractivity (Wildman–Crippen MR) is 150 cm³/mol. The first-order valence-corrected chi connectivity index (χ1v) is 12.6. The van der Waals surface area contributed by atoms with Crippen molar-refractivity contribution in [3.8, 4) is 5.75 Å². The summed E-state index contributed by atoms with van der Waals surface area (Å²) in [5.41, 5.74) is 2.67. The van der Waals surface area contributed by atoms with Gasteiger partial charge < -0.3 is 19.5 Å². The average molecular weight is 529 g/mol. The molecular formula is C31H32N2O6. The Balaban J connectivity index is 1.81. The monoisotopic (exact) mass is 528 g/mol. The van der Waals surface area contributed by atoms with Crippen molar-refractivity contribution in [3.05, 3.63) is 95.1 Å². The Bertz CT molecular complexity index is 1390. The van der Waals surface area contributed by atoms with E-state index in [-0.39, 0.29) is 11.3 Å². The number of carbonyl (C=O) groups is 3. The Morgan fingerprint density at radius 3 is 2.05 bits per heavy atom. The number of rotatable bonds is 8. The number of Topliss-reactive ketones (excluding diaryl/α,β-unsaturated/α-hetero) is 1. The fourth-order valence-corrected chi connectivity index (χ4v) is 4.37. The van der Waals surface area contributed by atoms with Gasteiger partial charge in [0.25, 0.3) is 11.7 Å². The third-order valence-electron chi connectivity index (χ3n) is 6.45. The summed E-state index contributed by atoms with van der Waals surface area (Å²) < 4.78 is 10.5. The van der Waals surface area contributed by atoms with Crippen molar-refractivity contribution in [3.63, 3.8) is 0 Å². The van der Waals surface area contributed by atoms with E-state index >= 15 is 0 Å². The van der Waals surface area contributed by atoms with Crippen molar-refractivity contribution < 1.29 is 29.0 Å². The molecule has 1 amide bonds. The third kappa shape index (κ3) is 5.65. The maximum atomic E-state index is 13.4. The van der Waals surface area contributed by atoms with E-state index in [2.05, 4.69) is 0 Å². The van der Waals surface area contributed by atoms with Crippen LogP contribution in [0.25, 0.3) is 5.76 Å². The lowest BCUT2D eigenvalue weighted by Gasteiger charge is -2.26. The van der Waals surface area contributed by atoms with Crippen molar-refractivity contribution in [2.24, 2.45) is 5.92 Å². The molecule has 1 N–H and O–H groups in total. The summed E-state index contributed by atoms with van der Waals surface area (Å²) in [5.74, 6) is -1.37. The van der Waals surface area contributed by atoms with Gasteiger partial charge in [-0.1, -0.05) is 26.0 Å². The number of aliphatic hydroxyl groups excluding tert-OH is 1. The van der Waals surface area contributed by atoms with Gasteiger partial charge in [0, 0.05) is 31.0 Å². The molecule has 0 radical (unpaired) electrons. The van der Waals surface area contributed by atoms with Gasteiger partial charge in [0.05, 0.1) is 30.9 Å². The lowest BCUT2D eigenvalue weighted by atomic mass is 9.94. The highest BCUT2D eigenvalue weighted by molar-refractivity contribution is 6.51. The number of anilines is 2. The molecule has 0 bridgehead atoms. The number of nitrogens with zero attached hydrogens (tertiary/aromatic N) is 2. The molecule has 202 valence electrons. The van der Waals surface area contributed by atoms with Crippen LogP contribution in [0.15, 0.2) is 78.4 Å². The van der Waals surface area contributed by atoms with Crippen LogP contribution >= 0.6 is 0 Å². The van der Waals surface area contributed by atoms with Crippen molar-refractivity contribution in [2.75, 3.05) is 37.6 Å². The molecule has 1 saturated heterocycles. The van der Waals surface area contributed by atoms with Gasteiger partial charge in [-0.15, -0.1) is 0 Å². The molecule has 3 aromatic carbocycles. The molecule has 1 unspecified atom stereocenters.